The van der Waals surface area contributed by atoms with Crippen molar-refractivity contribution in [3.8, 4) is 28.6 Å². The number of hydrogen-bond donors (Lipinski definition) is 0. The molecule has 2 aromatic carbocycles. The molecule has 0 radical (unpaired) electrons. The van der Waals surface area contributed by atoms with Crippen molar-refractivity contribution in [1.82, 2.24) is 9.97 Å². The van der Waals surface area contributed by atoms with Crippen LogP contribution in [0.5, 0.6) is 17.4 Å². The number of Topliss-reactive ketones (excluding diaryl/α,β-unsaturated/α-hetero) is 1. The first-order valence-corrected chi connectivity index (χ1v) is 11.0. The summed E-state index contributed by atoms with van der Waals surface area (Å²) in [5, 5.41) is 0. The van der Waals surface area contributed by atoms with Crippen molar-refractivity contribution >= 4 is 5.78 Å². The van der Waals surface area contributed by atoms with E-state index in [1.54, 1.807) is 38.7 Å². The molecule has 4 rings (SSSR count). The summed E-state index contributed by atoms with van der Waals surface area (Å²) in [4.78, 5) is 21.2. The average Bonchev–Trinajstić information content (AvgIpc) is 2.89. The number of aromatic nitrogens is 2. The minimum Gasteiger partial charge on any atom is -0.493 e. The lowest BCUT2D eigenvalue weighted by atomic mass is 10.0. The summed E-state index contributed by atoms with van der Waals surface area (Å²) >= 11 is 0. The molecular formula is C28H26N2O4. The normalized spacial score (nSPS) is 10.5. The third kappa shape index (κ3) is 5.78. The Labute approximate surface area is 199 Å². The van der Waals surface area contributed by atoms with Gasteiger partial charge in [-0.05, 0) is 47.5 Å². The summed E-state index contributed by atoms with van der Waals surface area (Å²) in [6.07, 6.45) is 4.27. The molecule has 2 heterocycles. The molecule has 0 saturated heterocycles. The molecule has 0 saturated carbocycles. The molecule has 0 unspecified atom stereocenters. The maximum atomic E-state index is 12.5. The van der Waals surface area contributed by atoms with E-state index in [0.29, 0.717) is 42.4 Å². The second kappa shape index (κ2) is 11.1. The Balaban J connectivity index is 1.40. The van der Waals surface area contributed by atoms with Crippen LogP contribution in [0.25, 0.3) is 11.3 Å². The highest BCUT2D eigenvalue weighted by Crippen LogP contribution is 2.28. The Morgan fingerprint density at radius 1 is 0.853 bits per heavy atom. The molecule has 0 aliphatic heterocycles. The van der Waals surface area contributed by atoms with Gasteiger partial charge in [0.25, 0.3) is 0 Å². The van der Waals surface area contributed by atoms with Crippen LogP contribution in [-0.2, 0) is 12.8 Å². The lowest BCUT2D eigenvalue weighted by Gasteiger charge is -2.11. The number of nitrogens with zero attached hydrogens (tertiary/aromatic N) is 2. The second-order valence-electron chi connectivity index (χ2n) is 7.69. The molecule has 0 amide bonds. The topological polar surface area (TPSA) is 70.5 Å². The predicted molar refractivity (Wildman–Crippen MR) is 131 cm³/mol. The lowest BCUT2D eigenvalue weighted by Crippen LogP contribution is -2.04. The SMILES string of the molecule is COc1ccc(CCOc2cccc(-c3cccc(CC(=O)c4cccnc4)c3)n2)cc1OC. The average molecular weight is 455 g/mol. The van der Waals surface area contributed by atoms with Gasteiger partial charge < -0.3 is 14.2 Å². The van der Waals surface area contributed by atoms with Gasteiger partial charge in [0.05, 0.1) is 26.5 Å². The Bertz CT molecular complexity index is 1260. The van der Waals surface area contributed by atoms with Gasteiger partial charge >= 0.3 is 0 Å². The van der Waals surface area contributed by atoms with E-state index < -0.39 is 0 Å². The largest absolute Gasteiger partial charge is 0.493 e. The van der Waals surface area contributed by atoms with E-state index in [9.17, 15) is 4.79 Å². The fourth-order valence-electron chi connectivity index (χ4n) is 3.62. The molecule has 0 aliphatic carbocycles. The fourth-order valence-corrected chi connectivity index (χ4v) is 3.62. The molecule has 6 heteroatoms. The predicted octanol–water partition coefficient (Wildman–Crippen LogP) is 5.21. The van der Waals surface area contributed by atoms with Crippen LogP contribution in [0.3, 0.4) is 0 Å². The summed E-state index contributed by atoms with van der Waals surface area (Å²) in [5.74, 6) is 1.98. The van der Waals surface area contributed by atoms with Gasteiger partial charge in [-0.25, -0.2) is 4.98 Å². The van der Waals surface area contributed by atoms with Gasteiger partial charge in [-0.15, -0.1) is 0 Å². The number of pyridine rings is 2. The number of rotatable bonds is 10. The molecular weight excluding hydrogens is 428 g/mol. The zero-order valence-corrected chi connectivity index (χ0v) is 19.2. The van der Waals surface area contributed by atoms with Crippen molar-refractivity contribution < 1.29 is 19.0 Å². The van der Waals surface area contributed by atoms with Crippen molar-refractivity contribution in [3.05, 3.63) is 102 Å². The van der Waals surface area contributed by atoms with E-state index >= 15 is 0 Å². The molecule has 2 aromatic heterocycles. The molecule has 34 heavy (non-hydrogen) atoms. The van der Waals surface area contributed by atoms with E-state index in [1.807, 2.05) is 60.7 Å². The first-order valence-electron chi connectivity index (χ1n) is 11.0. The highest BCUT2D eigenvalue weighted by molar-refractivity contribution is 5.97. The Hall–Kier alpha value is -4.19. The van der Waals surface area contributed by atoms with E-state index in [0.717, 1.165) is 22.4 Å². The van der Waals surface area contributed by atoms with Crippen LogP contribution in [0.4, 0.5) is 0 Å². The van der Waals surface area contributed by atoms with Gasteiger partial charge in [0.1, 0.15) is 0 Å². The van der Waals surface area contributed by atoms with Crippen molar-refractivity contribution in [2.75, 3.05) is 20.8 Å². The van der Waals surface area contributed by atoms with E-state index in [4.69, 9.17) is 14.2 Å². The van der Waals surface area contributed by atoms with Crippen LogP contribution in [0, 0.1) is 0 Å². The van der Waals surface area contributed by atoms with Gasteiger partial charge in [0, 0.05) is 42.4 Å². The highest BCUT2D eigenvalue weighted by Gasteiger charge is 2.09. The number of carbonyl (C=O) groups is 1. The lowest BCUT2D eigenvalue weighted by molar-refractivity contribution is 0.0992. The monoisotopic (exact) mass is 454 g/mol. The van der Waals surface area contributed by atoms with Crippen molar-refractivity contribution in [1.29, 1.82) is 0 Å². The Morgan fingerprint density at radius 3 is 2.50 bits per heavy atom. The summed E-state index contributed by atoms with van der Waals surface area (Å²) in [5.41, 5.74) is 4.34. The molecule has 0 aliphatic rings. The van der Waals surface area contributed by atoms with Crippen LogP contribution in [-0.4, -0.2) is 36.6 Å². The number of ketones is 1. The second-order valence-corrected chi connectivity index (χ2v) is 7.69. The number of methoxy groups -OCH3 is 2. The number of carbonyl (C=O) groups excluding carboxylic acids is 1. The molecule has 0 atom stereocenters. The van der Waals surface area contributed by atoms with Crippen LogP contribution < -0.4 is 14.2 Å². The maximum Gasteiger partial charge on any atom is 0.213 e. The minimum atomic E-state index is 0.0328. The van der Waals surface area contributed by atoms with Gasteiger partial charge in [-0.1, -0.05) is 30.3 Å². The third-order valence-electron chi connectivity index (χ3n) is 5.38. The number of benzene rings is 2. The van der Waals surface area contributed by atoms with E-state index in [1.165, 1.54) is 0 Å². The van der Waals surface area contributed by atoms with Crippen LogP contribution in [0.2, 0.25) is 0 Å². The number of hydrogen-bond acceptors (Lipinski definition) is 6. The van der Waals surface area contributed by atoms with Crippen LogP contribution in [0.1, 0.15) is 21.5 Å². The molecule has 0 fully saturated rings. The first kappa shape index (κ1) is 23.0. The van der Waals surface area contributed by atoms with Crippen molar-refractivity contribution in [2.24, 2.45) is 0 Å². The van der Waals surface area contributed by atoms with Gasteiger partial charge in [0.15, 0.2) is 17.3 Å². The summed E-state index contributed by atoms with van der Waals surface area (Å²) in [6, 6.07) is 22.9. The summed E-state index contributed by atoms with van der Waals surface area (Å²) < 4.78 is 16.6. The summed E-state index contributed by atoms with van der Waals surface area (Å²) in [6.45, 7) is 0.478. The Morgan fingerprint density at radius 2 is 1.71 bits per heavy atom. The van der Waals surface area contributed by atoms with Crippen molar-refractivity contribution in [3.63, 3.8) is 0 Å². The smallest absolute Gasteiger partial charge is 0.213 e. The number of ether oxygens (including phenoxy) is 3. The Kier molecular flexibility index (Phi) is 7.50. The van der Waals surface area contributed by atoms with Gasteiger partial charge in [-0.2, -0.15) is 0 Å². The van der Waals surface area contributed by atoms with E-state index in [2.05, 4.69) is 9.97 Å². The van der Waals surface area contributed by atoms with E-state index in [-0.39, 0.29) is 5.78 Å². The molecule has 0 spiro atoms. The van der Waals surface area contributed by atoms with Gasteiger partial charge in [-0.3, -0.25) is 9.78 Å². The fraction of sp³-hybridized carbons (Fsp3) is 0.179. The van der Waals surface area contributed by atoms with Crippen LogP contribution >= 0.6 is 0 Å². The third-order valence-corrected chi connectivity index (χ3v) is 5.38. The van der Waals surface area contributed by atoms with Gasteiger partial charge in [0.2, 0.25) is 5.88 Å². The minimum absolute atomic E-state index is 0.0328. The molecule has 172 valence electrons. The van der Waals surface area contributed by atoms with Crippen molar-refractivity contribution in [2.45, 2.75) is 12.8 Å². The first-order chi connectivity index (χ1) is 16.7. The quantitative estimate of drug-likeness (QED) is 0.307. The molecule has 4 aromatic rings. The zero-order chi connectivity index (χ0) is 23.8. The standard InChI is InChI=1S/C28H26N2O4/c1-32-26-12-11-20(18-27(26)33-2)13-15-34-28-10-4-9-24(30-28)22-7-3-6-21(16-22)17-25(31)23-8-5-14-29-19-23/h3-12,14,16,18-19H,13,15,17H2,1-2H3. The molecule has 0 bridgehead atoms. The summed E-state index contributed by atoms with van der Waals surface area (Å²) in [7, 11) is 3.24. The molecule has 0 N–H and O–H groups in total. The van der Waals surface area contributed by atoms with Crippen LogP contribution in [0.15, 0.2) is 85.2 Å². The maximum absolute atomic E-state index is 12.5. The molecule has 6 nitrogen and oxygen atoms in total. The highest BCUT2D eigenvalue weighted by atomic mass is 16.5. The zero-order valence-electron chi connectivity index (χ0n) is 19.2.